The molecule has 1 nitrogen and oxygen atoms in total. The van der Waals surface area contributed by atoms with E-state index in [1.807, 2.05) is 12.1 Å². The number of hydrogen-bond acceptors (Lipinski definition) is 1. The first-order valence-electron chi connectivity index (χ1n) is 9.26. The van der Waals surface area contributed by atoms with E-state index >= 15 is 0 Å². The molecule has 0 fully saturated rings. The van der Waals surface area contributed by atoms with Gasteiger partial charge in [0.15, 0.2) is 0 Å². The summed E-state index contributed by atoms with van der Waals surface area (Å²) in [5, 5.41) is 0.784. The van der Waals surface area contributed by atoms with Crippen LogP contribution in [0.3, 0.4) is 0 Å². The molecule has 0 unspecified atom stereocenters. The number of para-hydroxylation sites is 1. The normalized spacial score (nSPS) is 11.3. The van der Waals surface area contributed by atoms with Gasteiger partial charge in [-0.15, -0.1) is 0 Å². The summed E-state index contributed by atoms with van der Waals surface area (Å²) in [6.07, 6.45) is 0.155. The van der Waals surface area contributed by atoms with Crippen molar-refractivity contribution in [3.05, 3.63) is 82.4 Å². The van der Waals surface area contributed by atoms with Gasteiger partial charge in [-0.1, -0.05) is 0 Å². The zero-order valence-corrected chi connectivity index (χ0v) is 20.8. The minimum atomic E-state index is -2.55. The fourth-order valence-corrected chi connectivity index (χ4v) is 13.9. The Hall–Kier alpha value is -1.37. The van der Waals surface area contributed by atoms with Crippen LogP contribution < -0.4 is 14.6 Å². The summed E-state index contributed by atoms with van der Waals surface area (Å²) in [7, 11) is 0. The summed E-state index contributed by atoms with van der Waals surface area (Å²) in [6.45, 7) is 10.8. The third-order valence-corrected chi connectivity index (χ3v) is 15.6. The maximum atomic E-state index is 6.22. The first kappa shape index (κ1) is 20.4. The van der Waals surface area contributed by atoms with E-state index in [4.69, 9.17) is 16.3 Å². The average molecular weight is 575 g/mol. The van der Waals surface area contributed by atoms with Crippen LogP contribution in [0.2, 0.25) is 5.02 Å². The summed E-state index contributed by atoms with van der Waals surface area (Å²) in [6, 6.07) is 21.7. The summed E-state index contributed by atoms with van der Waals surface area (Å²) < 4.78 is 10.6. The van der Waals surface area contributed by atoms with Crippen LogP contribution in [0.1, 0.15) is 30.5 Å². The monoisotopic (exact) mass is 574 g/mol. The van der Waals surface area contributed by atoms with E-state index in [9.17, 15) is 0 Å². The topological polar surface area (TPSA) is 9.23 Å². The molecule has 3 aromatic carbocycles. The molecular formula is C24H26BiClO. The Bertz CT molecular complexity index is 908. The van der Waals surface area contributed by atoms with Gasteiger partial charge < -0.3 is 0 Å². The Labute approximate surface area is 176 Å². The Morgan fingerprint density at radius 3 is 2.04 bits per heavy atom. The molecule has 0 aliphatic carbocycles. The third-order valence-electron chi connectivity index (χ3n) is 4.41. The van der Waals surface area contributed by atoms with E-state index in [0.717, 1.165) is 10.8 Å². The SMILES string of the molecule is Cc1cc(C)[c]([Bi]([c]2ccc(Cl)cc2)[c]2ccccc2OC(C)C)c(C)c1. The van der Waals surface area contributed by atoms with Gasteiger partial charge in [-0.25, -0.2) is 0 Å². The number of aryl methyl sites for hydroxylation is 3. The predicted octanol–water partition coefficient (Wildman–Crippen LogP) is 4.57. The van der Waals surface area contributed by atoms with Gasteiger partial charge in [-0.3, -0.25) is 0 Å². The van der Waals surface area contributed by atoms with Crippen molar-refractivity contribution in [1.82, 2.24) is 0 Å². The van der Waals surface area contributed by atoms with E-state index < -0.39 is 21.8 Å². The van der Waals surface area contributed by atoms with Crippen molar-refractivity contribution in [3.63, 3.8) is 0 Å². The van der Waals surface area contributed by atoms with Crippen molar-refractivity contribution >= 4 is 43.2 Å². The first-order chi connectivity index (χ1) is 12.9. The molecule has 0 spiro atoms. The van der Waals surface area contributed by atoms with Crippen LogP contribution in [-0.4, -0.2) is 27.9 Å². The molecule has 0 amide bonds. The second-order valence-corrected chi connectivity index (χ2v) is 15.9. The van der Waals surface area contributed by atoms with Gasteiger partial charge in [0.05, 0.1) is 0 Å². The van der Waals surface area contributed by atoms with Crippen molar-refractivity contribution in [2.45, 2.75) is 40.7 Å². The van der Waals surface area contributed by atoms with Crippen LogP contribution >= 0.6 is 11.6 Å². The van der Waals surface area contributed by atoms with E-state index in [-0.39, 0.29) is 6.10 Å². The van der Waals surface area contributed by atoms with Gasteiger partial charge >= 0.3 is 177 Å². The zero-order chi connectivity index (χ0) is 19.6. The molecule has 0 atom stereocenters. The number of hydrogen-bond donors (Lipinski definition) is 0. The Morgan fingerprint density at radius 1 is 0.852 bits per heavy atom. The van der Waals surface area contributed by atoms with Crippen LogP contribution in [-0.2, 0) is 0 Å². The molecule has 0 bridgehead atoms. The van der Waals surface area contributed by atoms with E-state index in [1.165, 1.54) is 26.5 Å². The molecule has 0 radical (unpaired) electrons. The van der Waals surface area contributed by atoms with Gasteiger partial charge in [0.25, 0.3) is 0 Å². The zero-order valence-electron chi connectivity index (χ0n) is 16.6. The van der Waals surface area contributed by atoms with Gasteiger partial charge in [0.1, 0.15) is 0 Å². The van der Waals surface area contributed by atoms with Crippen LogP contribution in [0.25, 0.3) is 0 Å². The number of rotatable bonds is 5. The molecule has 0 saturated carbocycles. The summed E-state index contributed by atoms with van der Waals surface area (Å²) in [5.74, 6) is 1.03. The fraction of sp³-hybridized carbons (Fsp3) is 0.250. The molecule has 27 heavy (non-hydrogen) atoms. The number of benzene rings is 3. The maximum absolute atomic E-state index is 6.22. The van der Waals surface area contributed by atoms with Crippen molar-refractivity contribution in [3.8, 4) is 5.75 Å². The predicted molar refractivity (Wildman–Crippen MR) is 119 cm³/mol. The quantitative estimate of drug-likeness (QED) is 0.406. The van der Waals surface area contributed by atoms with Crippen LogP contribution in [0.5, 0.6) is 5.75 Å². The van der Waals surface area contributed by atoms with Crippen LogP contribution in [0, 0.1) is 20.8 Å². The summed E-state index contributed by atoms with van der Waals surface area (Å²) in [4.78, 5) is 0. The molecule has 0 heterocycles. The van der Waals surface area contributed by atoms with Crippen molar-refractivity contribution in [2.24, 2.45) is 0 Å². The minimum absolute atomic E-state index is 0.155. The van der Waals surface area contributed by atoms with Gasteiger partial charge in [-0.05, 0) is 0 Å². The number of ether oxygens (including phenoxy) is 1. The van der Waals surface area contributed by atoms with Crippen molar-refractivity contribution < 1.29 is 4.74 Å². The van der Waals surface area contributed by atoms with Gasteiger partial charge in [-0.2, -0.15) is 0 Å². The Balaban J connectivity index is 2.26. The van der Waals surface area contributed by atoms with E-state index in [2.05, 4.69) is 83.1 Å². The Kier molecular flexibility index (Phi) is 6.61. The van der Waals surface area contributed by atoms with Crippen LogP contribution in [0.15, 0.2) is 60.7 Å². The standard InChI is InChI=1S/C9H11O.C9H11.C6H4Cl.Bi/c1-8(2)10-9-6-4-3-5-7-9;1-7-4-8(2)6-9(3)5-7;7-6-4-2-1-3-5-6;/h3-6,8H,1-2H3;4-5H,1-3H3;2-5H;. The van der Waals surface area contributed by atoms with Crippen molar-refractivity contribution in [1.29, 1.82) is 0 Å². The average Bonchev–Trinajstić information content (AvgIpc) is 2.59. The molecule has 140 valence electrons. The fourth-order valence-electron chi connectivity index (χ4n) is 3.50. The van der Waals surface area contributed by atoms with Gasteiger partial charge in [0, 0.05) is 0 Å². The summed E-state index contributed by atoms with van der Waals surface area (Å²) >= 11 is 3.64. The Morgan fingerprint density at radius 2 is 1.44 bits per heavy atom. The van der Waals surface area contributed by atoms with Crippen LogP contribution in [0.4, 0.5) is 0 Å². The molecule has 0 aliphatic rings. The second kappa shape index (κ2) is 8.76. The third kappa shape index (κ3) is 4.73. The molecule has 0 saturated heterocycles. The molecular weight excluding hydrogens is 549 g/mol. The second-order valence-electron chi connectivity index (χ2n) is 7.19. The molecule has 0 aliphatic heterocycles. The number of halogens is 1. The summed E-state index contributed by atoms with van der Waals surface area (Å²) in [5.41, 5.74) is 4.10. The first-order valence-corrected chi connectivity index (χ1v) is 14.9. The molecule has 0 aromatic heterocycles. The van der Waals surface area contributed by atoms with Crippen molar-refractivity contribution in [2.75, 3.05) is 0 Å². The van der Waals surface area contributed by atoms with E-state index in [0.29, 0.717) is 0 Å². The van der Waals surface area contributed by atoms with E-state index in [1.54, 1.807) is 0 Å². The molecule has 3 aromatic rings. The molecule has 0 N–H and O–H groups in total. The van der Waals surface area contributed by atoms with Gasteiger partial charge in [0.2, 0.25) is 0 Å². The molecule has 3 heteroatoms. The molecule has 3 rings (SSSR count).